The highest BCUT2D eigenvalue weighted by molar-refractivity contribution is 8.00. The number of amides is 4. The molecular weight excluding hydrogens is 356 g/mol. The van der Waals surface area contributed by atoms with E-state index in [1.165, 1.54) is 0 Å². The molecular formula is C16H30N6O3S. The Hall–Kier alpha value is -1.52. The molecule has 2 aliphatic rings. The lowest BCUT2D eigenvalue weighted by Gasteiger charge is -2.16. The fourth-order valence-corrected chi connectivity index (χ4v) is 4.86. The van der Waals surface area contributed by atoms with Crippen molar-refractivity contribution < 1.29 is 14.4 Å². The molecule has 2 saturated heterocycles. The quantitative estimate of drug-likeness (QED) is 0.0909. The van der Waals surface area contributed by atoms with Gasteiger partial charge >= 0.3 is 6.03 Å². The first-order chi connectivity index (χ1) is 12.5. The average Bonchev–Trinajstić information content (AvgIpc) is 3.16. The highest BCUT2D eigenvalue weighted by Crippen LogP contribution is 2.33. The normalized spacial score (nSPS) is 25.2. The predicted molar refractivity (Wildman–Crippen MR) is 101 cm³/mol. The van der Waals surface area contributed by atoms with Crippen LogP contribution in [0.4, 0.5) is 4.79 Å². The summed E-state index contributed by atoms with van der Waals surface area (Å²) >= 11 is 1.90. The number of nitrogens with one attached hydrogen (secondary N) is 4. The van der Waals surface area contributed by atoms with Crippen molar-refractivity contribution in [3.05, 3.63) is 0 Å². The Morgan fingerprint density at radius 3 is 2.81 bits per heavy atom. The van der Waals surface area contributed by atoms with Crippen molar-refractivity contribution in [1.29, 1.82) is 0 Å². The Kier molecular flexibility index (Phi) is 8.46. The number of carbonyl (C=O) groups excluding carboxylic acids is 3. The van der Waals surface area contributed by atoms with E-state index in [2.05, 4.69) is 16.0 Å². The largest absolute Gasteiger partial charge is 0.356 e. The molecule has 1 unspecified atom stereocenters. The third kappa shape index (κ3) is 6.33. The van der Waals surface area contributed by atoms with E-state index in [-0.39, 0.29) is 29.9 Å². The molecule has 0 radical (unpaired) electrons. The molecule has 0 aromatic carbocycles. The number of urea groups is 1. The predicted octanol–water partition coefficient (Wildman–Crippen LogP) is -0.684. The average molecular weight is 387 g/mol. The Morgan fingerprint density at radius 1 is 1.23 bits per heavy atom. The van der Waals surface area contributed by atoms with Crippen molar-refractivity contribution in [2.45, 2.75) is 68.3 Å². The highest BCUT2D eigenvalue weighted by Gasteiger charge is 2.42. The van der Waals surface area contributed by atoms with Crippen LogP contribution < -0.4 is 33.0 Å². The second-order valence-corrected chi connectivity index (χ2v) is 8.10. The van der Waals surface area contributed by atoms with Crippen LogP contribution in [-0.4, -0.2) is 53.5 Å². The fourth-order valence-electron chi connectivity index (χ4n) is 3.32. The van der Waals surface area contributed by atoms with Gasteiger partial charge in [0.2, 0.25) is 5.91 Å². The van der Waals surface area contributed by atoms with Gasteiger partial charge in [-0.15, -0.1) is 0 Å². The molecule has 0 aromatic rings. The summed E-state index contributed by atoms with van der Waals surface area (Å²) in [7, 11) is 0. The zero-order chi connectivity index (χ0) is 18.9. The van der Waals surface area contributed by atoms with E-state index in [9.17, 15) is 14.4 Å². The number of fused-ring (bicyclic) bond motifs is 1. The summed E-state index contributed by atoms with van der Waals surface area (Å²) < 4.78 is 0. The van der Waals surface area contributed by atoms with Crippen LogP contribution >= 0.6 is 11.8 Å². The van der Waals surface area contributed by atoms with Crippen LogP contribution in [0.15, 0.2) is 0 Å². The summed E-state index contributed by atoms with van der Waals surface area (Å²) in [4.78, 5) is 34.3. The monoisotopic (exact) mass is 386 g/mol. The molecule has 2 aliphatic heterocycles. The number of hydrazine groups is 1. The number of thioether (sulfide) groups is 1. The number of rotatable bonds is 11. The molecule has 2 fully saturated rings. The first-order valence-electron chi connectivity index (χ1n) is 9.22. The van der Waals surface area contributed by atoms with Gasteiger partial charge in [0.15, 0.2) is 0 Å². The molecule has 8 N–H and O–H groups in total. The first kappa shape index (κ1) is 20.8. The number of hydrogen-bond acceptors (Lipinski definition) is 6. The maximum atomic E-state index is 11.8. The van der Waals surface area contributed by atoms with Gasteiger partial charge in [-0.2, -0.15) is 11.8 Å². The summed E-state index contributed by atoms with van der Waals surface area (Å²) in [6, 6.07) is -0.170. The Labute approximate surface area is 158 Å². The standard InChI is InChI=1S/C16H30N6O3S/c17-10(15(24)22-18)5-3-4-8-19-13(23)7-2-1-6-12-14-11(9-26-12)20-16(25)21-14/h10-12,14H,1-9,17-18H2,(H,19,23)(H,22,24)(H2,20,21,25)/t10?,11-,12-,14-/m0/s1. The van der Waals surface area contributed by atoms with Crippen LogP contribution in [0.25, 0.3) is 0 Å². The van der Waals surface area contributed by atoms with Crippen LogP contribution in [0.3, 0.4) is 0 Å². The fraction of sp³-hybridized carbons (Fsp3) is 0.812. The minimum atomic E-state index is -0.594. The molecule has 4 atom stereocenters. The van der Waals surface area contributed by atoms with Gasteiger partial charge in [0.1, 0.15) is 0 Å². The molecule has 2 rings (SSSR count). The Balaban J connectivity index is 1.46. The zero-order valence-electron chi connectivity index (χ0n) is 15.0. The van der Waals surface area contributed by atoms with Crippen molar-refractivity contribution in [3.63, 3.8) is 0 Å². The molecule has 0 saturated carbocycles. The molecule has 148 valence electrons. The first-order valence-corrected chi connectivity index (χ1v) is 10.3. The third-order valence-electron chi connectivity index (χ3n) is 4.82. The molecule has 4 amide bonds. The lowest BCUT2D eigenvalue weighted by atomic mass is 10.0. The third-order valence-corrected chi connectivity index (χ3v) is 6.33. The Morgan fingerprint density at radius 2 is 2.04 bits per heavy atom. The van der Waals surface area contributed by atoms with Crippen LogP contribution in [0.5, 0.6) is 0 Å². The van der Waals surface area contributed by atoms with Crippen molar-refractivity contribution in [2.24, 2.45) is 11.6 Å². The van der Waals surface area contributed by atoms with Gasteiger partial charge < -0.3 is 21.7 Å². The van der Waals surface area contributed by atoms with Crippen LogP contribution in [0, 0.1) is 0 Å². The van der Waals surface area contributed by atoms with E-state index in [0.717, 1.165) is 37.9 Å². The summed E-state index contributed by atoms with van der Waals surface area (Å²) in [5.41, 5.74) is 7.66. The van der Waals surface area contributed by atoms with Crippen molar-refractivity contribution >= 4 is 29.6 Å². The smallest absolute Gasteiger partial charge is 0.315 e. The molecule has 26 heavy (non-hydrogen) atoms. The molecule has 2 heterocycles. The summed E-state index contributed by atoms with van der Waals surface area (Å²) in [6.07, 6.45) is 5.46. The van der Waals surface area contributed by atoms with E-state index in [1.807, 2.05) is 17.2 Å². The second kappa shape index (κ2) is 10.6. The van der Waals surface area contributed by atoms with Crippen LogP contribution in [0.1, 0.15) is 44.9 Å². The highest BCUT2D eigenvalue weighted by atomic mass is 32.2. The lowest BCUT2D eigenvalue weighted by molar-refractivity contribution is -0.123. The van der Waals surface area contributed by atoms with Crippen molar-refractivity contribution in [1.82, 2.24) is 21.4 Å². The van der Waals surface area contributed by atoms with Crippen molar-refractivity contribution in [3.8, 4) is 0 Å². The Bertz CT molecular complexity index is 506. The van der Waals surface area contributed by atoms with Gasteiger partial charge in [0, 0.05) is 24.0 Å². The van der Waals surface area contributed by atoms with E-state index < -0.39 is 6.04 Å². The van der Waals surface area contributed by atoms with Gasteiger partial charge in [-0.05, 0) is 32.1 Å². The minimum absolute atomic E-state index is 0.0572. The van der Waals surface area contributed by atoms with Gasteiger partial charge in [-0.25, -0.2) is 10.6 Å². The number of carbonyl (C=O) groups is 3. The molecule has 0 bridgehead atoms. The molecule has 10 heteroatoms. The van der Waals surface area contributed by atoms with E-state index in [0.29, 0.717) is 24.6 Å². The number of hydrogen-bond donors (Lipinski definition) is 6. The SMILES string of the molecule is NNC(=O)C(N)CCCCNC(=O)CCCC[C@@H]1SC[C@@H]2NC(=O)N[C@@H]21. The molecule has 0 aliphatic carbocycles. The lowest BCUT2D eigenvalue weighted by Crippen LogP contribution is -2.43. The maximum absolute atomic E-state index is 11.8. The maximum Gasteiger partial charge on any atom is 0.315 e. The molecule has 0 aromatic heterocycles. The van der Waals surface area contributed by atoms with E-state index in [4.69, 9.17) is 11.6 Å². The van der Waals surface area contributed by atoms with Gasteiger partial charge in [0.05, 0.1) is 18.1 Å². The van der Waals surface area contributed by atoms with Crippen LogP contribution in [0.2, 0.25) is 0 Å². The second-order valence-electron chi connectivity index (χ2n) is 6.83. The topological polar surface area (TPSA) is 151 Å². The summed E-state index contributed by atoms with van der Waals surface area (Å²) in [6.45, 7) is 0.593. The van der Waals surface area contributed by atoms with Gasteiger partial charge in [-0.3, -0.25) is 15.0 Å². The molecule has 0 spiro atoms. The van der Waals surface area contributed by atoms with Crippen molar-refractivity contribution in [2.75, 3.05) is 12.3 Å². The molecule has 9 nitrogen and oxygen atoms in total. The zero-order valence-corrected chi connectivity index (χ0v) is 15.8. The number of unbranched alkanes of at least 4 members (excludes halogenated alkanes) is 2. The summed E-state index contributed by atoms with van der Waals surface area (Å²) in [5.74, 6) is 5.67. The van der Waals surface area contributed by atoms with Gasteiger partial charge in [0.25, 0.3) is 5.91 Å². The van der Waals surface area contributed by atoms with Crippen LogP contribution in [-0.2, 0) is 9.59 Å². The van der Waals surface area contributed by atoms with E-state index in [1.54, 1.807) is 0 Å². The van der Waals surface area contributed by atoms with Gasteiger partial charge in [-0.1, -0.05) is 6.42 Å². The minimum Gasteiger partial charge on any atom is -0.356 e. The summed E-state index contributed by atoms with van der Waals surface area (Å²) in [5, 5.41) is 9.25. The van der Waals surface area contributed by atoms with E-state index >= 15 is 0 Å². The number of nitrogens with two attached hydrogens (primary N) is 2.